The second-order valence-electron chi connectivity index (χ2n) is 5.63. The van der Waals surface area contributed by atoms with Crippen molar-refractivity contribution in [3.05, 3.63) is 20.8 Å². The molecule has 0 bridgehead atoms. The second-order valence-corrected chi connectivity index (χ2v) is 7.22. The third-order valence-corrected chi connectivity index (χ3v) is 5.18. The molecule has 1 aliphatic heterocycles. The highest BCUT2D eigenvalue weighted by Gasteiger charge is 2.19. The molecule has 1 aliphatic rings. The summed E-state index contributed by atoms with van der Waals surface area (Å²) in [6.07, 6.45) is 2.67. The van der Waals surface area contributed by atoms with Crippen LogP contribution in [0.25, 0.3) is 0 Å². The normalized spacial score (nSPS) is 20.2. The van der Waals surface area contributed by atoms with Crippen LogP contribution in [0.2, 0.25) is 0 Å². The zero-order valence-corrected chi connectivity index (χ0v) is 13.7. The molecule has 1 aromatic heterocycles. The summed E-state index contributed by atoms with van der Waals surface area (Å²) in [4.78, 5) is 2.60. The third-order valence-electron chi connectivity index (χ3n) is 3.35. The lowest BCUT2D eigenvalue weighted by Gasteiger charge is -2.27. The van der Waals surface area contributed by atoms with Crippen molar-refractivity contribution < 1.29 is 0 Å². The minimum absolute atomic E-state index is 0.696. The molecule has 0 aliphatic carbocycles. The van der Waals surface area contributed by atoms with Gasteiger partial charge in [0, 0.05) is 35.5 Å². The molecule has 1 fully saturated rings. The average Bonchev–Trinajstić information content (AvgIpc) is 2.91. The number of nitrogens with one attached hydrogen (secondary N) is 1. The van der Waals surface area contributed by atoms with Gasteiger partial charge in [0.25, 0.3) is 0 Å². The summed E-state index contributed by atoms with van der Waals surface area (Å²) in [7, 11) is 0. The Morgan fingerprint density at radius 3 is 2.89 bits per heavy atom. The van der Waals surface area contributed by atoms with Crippen molar-refractivity contribution in [1.82, 2.24) is 10.2 Å². The first-order valence-corrected chi connectivity index (χ1v) is 8.55. The molecule has 4 heteroatoms. The van der Waals surface area contributed by atoms with Gasteiger partial charge >= 0.3 is 0 Å². The van der Waals surface area contributed by atoms with Gasteiger partial charge in [-0.25, -0.2) is 0 Å². The average molecular weight is 331 g/mol. The zero-order valence-electron chi connectivity index (χ0n) is 11.3. The Morgan fingerprint density at radius 2 is 2.33 bits per heavy atom. The van der Waals surface area contributed by atoms with E-state index < -0.39 is 0 Å². The summed E-state index contributed by atoms with van der Waals surface area (Å²) in [5.41, 5.74) is 1.43. The van der Waals surface area contributed by atoms with Crippen LogP contribution in [-0.2, 0) is 6.54 Å². The van der Waals surface area contributed by atoms with Crippen molar-refractivity contribution in [1.29, 1.82) is 0 Å². The van der Waals surface area contributed by atoms with E-state index >= 15 is 0 Å². The molecule has 0 saturated carbocycles. The Hall–Kier alpha value is 0.1000. The van der Waals surface area contributed by atoms with E-state index in [1.54, 1.807) is 11.3 Å². The molecule has 0 aromatic carbocycles. The second kappa shape index (κ2) is 7.04. The molecule has 102 valence electrons. The van der Waals surface area contributed by atoms with Gasteiger partial charge in [-0.3, -0.25) is 4.90 Å². The molecule has 1 N–H and O–H groups in total. The van der Waals surface area contributed by atoms with Crippen LogP contribution < -0.4 is 5.32 Å². The van der Waals surface area contributed by atoms with E-state index in [1.807, 2.05) is 0 Å². The van der Waals surface area contributed by atoms with E-state index in [0.717, 1.165) is 12.5 Å². The highest BCUT2D eigenvalue weighted by Crippen LogP contribution is 2.23. The van der Waals surface area contributed by atoms with E-state index in [4.69, 9.17) is 0 Å². The lowest BCUT2D eigenvalue weighted by molar-refractivity contribution is 0.216. The van der Waals surface area contributed by atoms with Crippen LogP contribution >= 0.6 is 27.3 Å². The lowest BCUT2D eigenvalue weighted by atomic mass is 10.1. The highest BCUT2D eigenvalue weighted by atomic mass is 79.9. The summed E-state index contributed by atoms with van der Waals surface area (Å²) < 4.78 is 1.26. The first-order chi connectivity index (χ1) is 8.65. The van der Waals surface area contributed by atoms with Gasteiger partial charge in [-0.05, 0) is 52.2 Å². The molecule has 0 radical (unpaired) electrons. The first-order valence-electron chi connectivity index (χ1n) is 6.81. The molecular weight excluding hydrogens is 308 g/mol. The van der Waals surface area contributed by atoms with Gasteiger partial charge in [0.1, 0.15) is 0 Å². The molecule has 1 aromatic rings. The number of nitrogens with zero attached hydrogens (tertiary/aromatic N) is 1. The van der Waals surface area contributed by atoms with Crippen molar-refractivity contribution in [2.75, 3.05) is 19.6 Å². The van der Waals surface area contributed by atoms with Crippen LogP contribution in [0, 0.1) is 5.92 Å². The van der Waals surface area contributed by atoms with Gasteiger partial charge in [0.05, 0.1) is 0 Å². The monoisotopic (exact) mass is 330 g/mol. The van der Waals surface area contributed by atoms with Crippen molar-refractivity contribution in [2.24, 2.45) is 5.92 Å². The minimum Gasteiger partial charge on any atom is -0.313 e. The third kappa shape index (κ3) is 4.34. The van der Waals surface area contributed by atoms with Crippen LogP contribution in [0.1, 0.15) is 32.3 Å². The summed E-state index contributed by atoms with van der Waals surface area (Å²) in [5, 5.41) is 8.04. The molecule has 2 nitrogen and oxygen atoms in total. The van der Waals surface area contributed by atoms with Crippen LogP contribution in [0.3, 0.4) is 0 Å². The van der Waals surface area contributed by atoms with Gasteiger partial charge in [-0.2, -0.15) is 11.3 Å². The van der Waals surface area contributed by atoms with Crippen LogP contribution in [0.4, 0.5) is 0 Å². The SMILES string of the molecule is CC(C)CN(Cc1cscc1Br)CC1CCCN1. The summed E-state index contributed by atoms with van der Waals surface area (Å²) in [5.74, 6) is 0.726. The summed E-state index contributed by atoms with van der Waals surface area (Å²) in [6, 6.07) is 0.696. The number of hydrogen-bond acceptors (Lipinski definition) is 3. The van der Waals surface area contributed by atoms with Crippen LogP contribution in [0.15, 0.2) is 15.2 Å². The van der Waals surface area contributed by atoms with Crippen molar-refractivity contribution in [2.45, 2.75) is 39.3 Å². The topological polar surface area (TPSA) is 15.3 Å². The van der Waals surface area contributed by atoms with Crippen molar-refractivity contribution in [3.8, 4) is 0 Å². The molecule has 1 saturated heterocycles. The number of thiophene rings is 1. The number of halogens is 1. The Labute approximate surface area is 123 Å². The maximum Gasteiger partial charge on any atom is 0.0327 e. The molecule has 1 unspecified atom stereocenters. The Kier molecular flexibility index (Phi) is 5.67. The first kappa shape index (κ1) is 14.5. The quantitative estimate of drug-likeness (QED) is 0.855. The minimum atomic E-state index is 0.696. The van der Waals surface area contributed by atoms with Gasteiger partial charge < -0.3 is 5.32 Å². The maximum absolute atomic E-state index is 3.64. The van der Waals surface area contributed by atoms with E-state index in [-0.39, 0.29) is 0 Å². The molecule has 0 spiro atoms. The van der Waals surface area contributed by atoms with Gasteiger partial charge in [-0.1, -0.05) is 13.8 Å². The Bertz CT molecular complexity index is 358. The van der Waals surface area contributed by atoms with E-state index in [9.17, 15) is 0 Å². The zero-order chi connectivity index (χ0) is 13.0. The predicted molar refractivity (Wildman–Crippen MR) is 83.2 cm³/mol. The van der Waals surface area contributed by atoms with E-state index in [2.05, 4.69) is 50.8 Å². The largest absolute Gasteiger partial charge is 0.313 e. The highest BCUT2D eigenvalue weighted by molar-refractivity contribution is 9.10. The molecule has 2 rings (SSSR count). The van der Waals surface area contributed by atoms with Gasteiger partial charge in [0.15, 0.2) is 0 Å². The van der Waals surface area contributed by atoms with Crippen LogP contribution in [-0.4, -0.2) is 30.6 Å². The van der Waals surface area contributed by atoms with Gasteiger partial charge in [-0.15, -0.1) is 0 Å². The molecule has 2 heterocycles. The number of rotatable bonds is 6. The lowest BCUT2D eigenvalue weighted by Crippen LogP contribution is -2.38. The summed E-state index contributed by atoms with van der Waals surface area (Å²) >= 11 is 5.42. The molecular formula is C14H23BrN2S. The molecule has 0 amide bonds. The predicted octanol–water partition coefficient (Wildman–Crippen LogP) is 3.72. The van der Waals surface area contributed by atoms with Gasteiger partial charge in [0.2, 0.25) is 0 Å². The maximum atomic E-state index is 3.64. The van der Waals surface area contributed by atoms with Crippen molar-refractivity contribution in [3.63, 3.8) is 0 Å². The van der Waals surface area contributed by atoms with E-state index in [0.29, 0.717) is 6.04 Å². The van der Waals surface area contributed by atoms with Crippen molar-refractivity contribution >= 4 is 27.3 Å². The smallest absolute Gasteiger partial charge is 0.0327 e. The standard InChI is InChI=1S/C14H23BrN2S/c1-11(2)6-17(8-13-4-3-5-16-13)7-12-9-18-10-14(12)15/h9-11,13,16H,3-8H2,1-2H3. The van der Waals surface area contributed by atoms with Crippen LogP contribution in [0.5, 0.6) is 0 Å². The number of hydrogen-bond donors (Lipinski definition) is 1. The van der Waals surface area contributed by atoms with E-state index in [1.165, 1.54) is 42.5 Å². The Balaban J connectivity index is 1.93. The Morgan fingerprint density at radius 1 is 1.50 bits per heavy atom. The fraction of sp³-hybridized carbons (Fsp3) is 0.714. The molecule has 18 heavy (non-hydrogen) atoms. The fourth-order valence-electron chi connectivity index (χ4n) is 2.61. The fourth-order valence-corrected chi connectivity index (χ4v) is 4.03. The summed E-state index contributed by atoms with van der Waals surface area (Å²) in [6.45, 7) is 9.24. The molecule has 1 atom stereocenters.